The highest BCUT2D eigenvalue weighted by atomic mass is 19.1. The highest BCUT2D eigenvalue weighted by molar-refractivity contribution is 5.47. The fourth-order valence-corrected chi connectivity index (χ4v) is 1.46. The van der Waals surface area contributed by atoms with E-state index in [1.54, 1.807) is 6.07 Å². The average molecular weight is 278 g/mol. The quantitative estimate of drug-likeness (QED) is 0.668. The number of para-hydroxylation sites is 2. The zero-order chi connectivity index (χ0) is 14.5. The molecular weight excluding hydrogens is 267 g/mol. The lowest BCUT2D eigenvalue weighted by molar-refractivity contribution is -0.385. The zero-order valence-electron chi connectivity index (χ0n) is 10.5. The molecule has 0 aliphatic rings. The standard InChI is InChI=1S/C12H11FN4O3/c1-2-14-12-15-7-8(13)11(16-12)20-10-6-4-3-5-9(10)17(18)19/h3-7H,2H2,1H3,(H,14,15,16). The van der Waals surface area contributed by atoms with Gasteiger partial charge in [0.25, 0.3) is 5.88 Å². The van der Waals surface area contributed by atoms with E-state index in [1.165, 1.54) is 18.2 Å². The molecule has 1 heterocycles. The Bertz CT molecular complexity index is 636. The van der Waals surface area contributed by atoms with Gasteiger partial charge in [0.05, 0.1) is 11.1 Å². The molecule has 1 N–H and O–H groups in total. The van der Waals surface area contributed by atoms with E-state index in [4.69, 9.17) is 4.74 Å². The summed E-state index contributed by atoms with van der Waals surface area (Å²) in [5.41, 5.74) is -0.268. The van der Waals surface area contributed by atoms with Crippen LogP contribution >= 0.6 is 0 Å². The molecule has 0 aliphatic heterocycles. The highest BCUT2D eigenvalue weighted by Gasteiger charge is 2.17. The van der Waals surface area contributed by atoms with E-state index >= 15 is 0 Å². The first kappa shape index (κ1) is 13.7. The average Bonchev–Trinajstić information content (AvgIpc) is 2.43. The van der Waals surface area contributed by atoms with Crippen molar-refractivity contribution in [3.63, 3.8) is 0 Å². The van der Waals surface area contributed by atoms with Gasteiger partial charge in [-0.3, -0.25) is 10.1 Å². The SMILES string of the molecule is CCNc1ncc(F)c(Oc2ccccc2[N+](=O)[O-])n1. The number of hydrogen-bond acceptors (Lipinski definition) is 6. The van der Waals surface area contributed by atoms with Gasteiger partial charge in [-0.25, -0.2) is 4.98 Å². The molecule has 0 aliphatic carbocycles. The van der Waals surface area contributed by atoms with Gasteiger partial charge in [-0.1, -0.05) is 12.1 Å². The van der Waals surface area contributed by atoms with Crippen molar-refractivity contribution in [2.45, 2.75) is 6.92 Å². The molecule has 2 aromatic rings. The number of halogens is 1. The van der Waals surface area contributed by atoms with Gasteiger partial charge >= 0.3 is 5.69 Å². The summed E-state index contributed by atoms with van der Waals surface area (Å²) >= 11 is 0. The predicted octanol–water partition coefficient (Wildman–Crippen LogP) is 2.75. The van der Waals surface area contributed by atoms with Gasteiger partial charge in [-0.05, 0) is 13.0 Å². The Kier molecular flexibility index (Phi) is 4.04. The second-order valence-electron chi connectivity index (χ2n) is 3.70. The molecule has 0 atom stereocenters. The molecule has 0 fully saturated rings. The number of nitrogens with one attached hydrogen (secondary N) is 1. The van der Waals surface area contributed by atoms with Gasteiger partial charge in [-0.15, -0.1) is 0 Å². The molecule has 0 radical (unpaired) electrons. The van der Waals surface area contributed by atoms with E-state index in [0.29, 0.717) is 6.54 Å². The van der Waals surface area contributed by atoms with Crippen molar-refractivity contribution < 1.29 is 14.1 Å². The Morgan fingerprint density at radius 3 is 2.90 bits per heavy atom. The number of benzene rings is 1. The number of rotatable bonds is 5. The van der Waals surface area contributed by atoms with E-state index in [1.807, 2.05) is 6.92 Å². The maximum absolute atomic E-state index is 13.6. The van der Waals surface area contributed by atoms with Crippen LogP contribution in [0.2, 0.25) is 0 Å². The normalized spacial score (nSPS) is 10.1. The third-order valence-corrected chi connectivity index (χ3v) is 2.32. The summed E-state index contributed by atoms with van der Waals surface area (Å²) in [5, 5.41) is 13.6. The van der Waals surface area contributed by atoms with Gasteiger partial charge in [0.2, 0.25) is 17.5 Å². The number of anilines is 1. The molecule has 1 aromatic heterocycles. The molecule has 2 rings (SSSR count). The van der Waals surface area contributed by atoms with Crippen LogP contribution in [0.25, 0.3) is 0 Å². The van der Waals surface area contributed by atoms with Crippen LogP contribution in [0.15, 0.2) is 30.5 Å². The number of nitrogens with zero attached hydrogens (tertiary/aromatic N) is 3. The summed E-state index contributed by atoms with van der Waals surface area (Å²) in [5.74, 6) is -1.07. The molecule has 0 unspecified atom stereocenters. The predicted molar refractivity (Wildman–Crippen MR) is 69.3 cm³/mol. The third-order valence-electron chi connectivity index (χ3n) is 2.32. The van der Waals surface area contributed by atoms with E-state index in [9.17, 15) is 14.5 Å². The summed E-state index contributed by atoms with van der Waals surface area (Å²) < 4.78 is 18.8. The highest BCUT2D eigenvalue weighted by Crippen LogP contribution is 2.31. The van der Waals surface area contributed by atoms with Crippen molar-refractivity contribution in [2.75, 3.05) is 11.9 Å². The molecule has 104 valence electrons. The fraction of sp³-hybridized carbons (Fsp3) is 0.167. The molecule has 7 nitrogen and oxygen atoms in total. The van der Waals surface area contributed by atoms with Gasteiger partial charge < -0.3 is 10.1 Å². The van der Waals surface area contributed by atoms with Crippen LogP contribution in [-0.2, 0) is 0 Å². The lowest BCUT2D eigenvalue weighted by Gasteiger charge is -2.07. The minimum Gasteiger partial charge on any atom is -0.429 e. The lowest BCUT2D eigenvalue weighted by Crippen LogP contribution is -2.04. The minimum atomic E-state index is -0.801. The molecular formula is C12H11FN4O3. The Morgan fingerprint density at radius 1 is 1.45 bits per heavy atom. The molecule has 0 saturated heterocycles. The molecule has 1 aromatic carbocycles. The van der Waals surface area contributed by atoms with Gasteiger partial charge in [-0.2, -0.15) is 9.37 Å². The van der Waals surface area contributed by atoms with Crippen LogP contribution in [0.5, 0.6) is 11.6 Å². The van der Waals surface area contributed by atoms with Crippen molar-refractivity contribution in [3.05, 3.63) is 46.4 Å². The van der Waals surface area contributed by atoms with E-state index in [2.05, 4.69) is 15.3 Å². The lowest BCUT2D eigenvalue weighted by atomic mass is 10.3. The third kappa shape index (κ3) is 2.97. The Balaban J connectivity index is 2.34. The summed E-state index contributed by atoms with van der Waals surface area (Å²) in [6, 6.07) is 5.67. The van der Waals surface area contributed by atoms with E-state index in [0.717, 1.165) is 6.20 Å². The van der Waals surface area contributed by atoms with E-state index in [-0.39, 0.29) is 23.3 Å². The van der Waals surface area contributed by atoms with Crippen molar-refractivity contribution >= 4 is 11.6 Å². The Morgan fingerprint density at radius 2 is 2.20 bits per heavy atom. The topological polar surface area (TPSA) is 90.2 Å². The van der Waals surface area contributed by atoms with Crippen LogP contribution in [0, 0.1) is 15.9 Å². The number of aromatic nitrogens is 2. The fourth-order valence-electron chi connectivity index (χ4n) is 1.46. The molecule has 20 heavy (non-hydrogen) atoms. The Labute approximate surface area is 113 Å². The smallest absolute Gasteiger partial charge is 0.311 e. The number of nitro benzene ring substituents is 1. The molecule has 0 bridgehead atoms. The minimum absolute atomic E-state index is 0.0856. The number of ether oxygens (including phenoxy) is 1. The summed E-state index contributed by atoms with van der Waals surface area (Å²) in [6.45, 7) is 2.38. The van der Waals surface area contributed by atoms with Crippen LogP contribution < -0.4 is 10.1 Å². The van der Waals surface area contributed by atoms with Crippen LogP contribution in [-0.4, -0.2) is 21.4 Å². The van der Waals surface area contributed by atoms with Gasteiger partial charge in [0.15, 0.2) is 0 Å². The maximum atomic E-state index is 13.6. The molecule has 0 saturated carbocycles. The largest absolute Gasteiger partial charge is 0.429 e. The second kappa shape index (κ2) is 5.91. The number of hydrogen-bond donors (Lipinski definition) is 1. The first-order chi connectivity index (χ1) is 9.61. The molecule has 0 spiro atoms. The summed E-state index contributed by atoms with van der Waals surface area (Å²) in [7, 11) is 0. The maximum Gasteiger partial charge on any atom is 0.311 e. The molecule has 8 heteroatoms. The zero-order valence-corrected chi connectivity index (χ0v) is 10.5. The number of nitro groups is 1. The Hall–Kier alpha value is -2.77. The monoisotopic (exact) mass is 278 g/mol. The van der Waals surface area contributed by atoms with Crippen molar-refractivity contribution in [1.82, 2.24) is 9.97 Å². The first-order valence-electron chi connectivity index (χ1n) is 5.79. The van der Waals surface area contributed by atoms with Crippen molar-refractivity contribution in [1.29, 1.82) is 0 Å². The van der Waals surface area contributed by atoms with Gasteiger partial charge in [0, 0.05) is 12.6 Å². The van der Waals surface area contributed by atoms with Crippen LogP contribution in [0.3, 0.4) is 0 Å². The van der Waals surface area contributed by atoms with Crippen molar-refractivity contribution in [2.24, 2.45) is 0 Å². The van der Waals surface area contributed by atoms with Crippen LogP contribution in [0.1, 0.15) is 6.92 Å². The molecule has 0 amide bonds. The first-order valence-corrected chi connectivity index (χ1v) is 5.79. The summed E-state index contributed by atoms with van der Waals surface area (Å²) in [6.07, 6.45) is 0.940. The van der Waals surface area contributed by atoms with Crippen molar-refractivity contribution in [3.8, 4) is 11.6 Å². The van der Waals surface area contributed by atoms with Crippen LogP contribution in [0.4, 0.5) is 16.0 Å². The second-order valence-corrected chi connectivity index (χ2v) is 3.70. The van der Waals surface area contributed by atoms with E-state index < -0.39 is 10.7 Å². The summed E-state index contributed by atoms with van der Waals surface area (Å²) in [4.78, 5) is 17.8. The van der Waals surface area contributed by atoms with Gasteiger partial charge in [0.1, 0.15) is 0 Å².